The van der Waals surface area contributed by atoms with Crippen molar-refractivity contribution in [1.29, 1.82) is 0 Å². The van der Waals surface area contributed by atoms with Crippen molar-refractivity contribution >= 4 is 39.5 Å². The maximum atomic E-state index is 13.1. The van der Waals surface area contributed by atoms with E-state index in [4.69, 9.17) is 37.0 Å². The predicted octanol–water partition coefficient (Wildman–Crippen LogP) is 25.5. The van der Waals surface area contributed by atoms with Gasteiger partial charge in [-0.2, -0.15) is 0 Å². The van der Waals surface area contributed by atoms with Crippen molar-refractivity contribution in [2.45, 2.75) is 464 Å². The van der Waals surface area contributed by atoms with E-state index in [1.54, 1.807) is 0 Å². The van der Waals surface area contributed by atoms with Crippen molar-refractivity contribution in [2.24, 2.45) is 11.8 Å². The minimum absolute atomic E-state index is 0.108. The van der Waals surface area contributed by atoms with Crippen molar-refractivity contribution < 1.29 is 80.2 Å². The summed E-state index contributed by atoms with van der Waals surface area (Å²) in [6.07, 6.45) is 66.7. The molecule has 0 aliphatic rings. The van der Waals surface area contributed by atoms with Crippen LogP contribution >= 0.6 is 15.6 Å². The summed E-state index contributed by atoms with van der Waals surface area (Å²) in [4.78, 5) is 73.0. The van der Waals surface area contributed by atoms with Gasteiger partial charge in [-0.05, 0) is 37.5 Å². The molecule has 0 saturated carbocycles. The number of esters is 4. The van der Waals surface area contributed by atoms with Crippen molar-refractivity contribution in [3.05, 3.63) is 0 Å². The molecule has 19 heteroatoms. The molecule has 4 unspecified atom stereocenters. The summed E-state index contributed by atoms with van der Waals surface area (Å²) in [6, 6.07) is 0. The van der Waals surface area contributed by atoms with Crippen LogP contribution in [-0.4, -0.2) is 96.7 Å². The average molecular weight is 1510 g/mol. The standard InChI is InChI=1S/C84H164O17P2/c1-7-11-13-15-17-18-19-20-21-22-23-24-25-26-34-39-44-50-56-62-69-84(89)101-80(73-95-82(87)67-61-55-49-43-38-33-29-27-31-36-41-47-52-58-64-76(5)9-3)75-99-103(92,93)97-71-78(85)70-96-102(90,91)98-74-79(72-94-81(86)66-60-54-46-16-14-12-8-2)100-83(88)68-63-57-51-45-40-35-30-28-32-37-42-48-53-59-65-77(6)10-4/h76-80,85H,7-75H2,1-6H3,(H,90,91)(H,92,93)/t76?,77?,78-,79+,80+/m0/s1. The molecule has 103 heavy (non-hydrogen) atoms. The van der Waals surface area contributed by atoms with Gasteiger partial charge in [0.15, 0.2) is 12.2 Å². The number of hydrogen-bond donors (Lipinski definition) is 3. The molecule has 0 saturated heterocycles. The second kappa shape index (κ2) is 75.5. The van der Waals surface area contributed by atoms with E-state index in [1.807, 2.05) is 0 Å². The number of carbonyl (C=O) groups is 4. The Kier molecular flexibility index (Phi) is 74.1. The topological polar surface area (TPSA) is 237 Å². The molecule has 0 bridgehead atoms. The highest BCUT2D eigenvalue weighted by molar-refractivity contribution is 7.47. The quantitative estimate of drug-likeness (QED) is 0.0222. The van der Waals surface area contributed by atoms with E-state index in [2.05, 4.69) is 41.5 Å². The first-order valence-electron chi connectivity index (χ1n) is 43.6. The molecule has 7 atom stereocenters. The summed E-state index contributed by atoms with van der Waals surface area (Å²) in [7, 11) is -9.92. The largest absolute Gasteiger partial charge is 0.472 e. The van der Waals surface area contributed by atoms with E-state index in [1.165, 1.54) is 250 Å². The van der Waals surface area contributed by atoms with Gasteiger partial charge in [0, 0.05) is 25.7 Å². The Hall–Kier alpha value is -1.94. The molecule has 0 aliphatic carbocycles. The molecule has 0 aromatic heterocycles. The molecule has 0 heterocycles. The third-order valence-corrected chi connectivity index (χ3v) is 22.3. The highest BCUT2D eigenvalue weighted by Gasteiger charge is 2.30. The Morgan fingerprint density at radius 3 is 0.689 bits per heavy atom. The maximum absolute atomic E-state index is 13.1. The van der Waals surface area contributed by atoms with Gasteiger partial charge in [-0.3, -0.25) is 37.3 Å². The van der Waals surface area contributed by atoms with Crippen LogP contribution in [0, 0.1) is 11.8 Å². The molecule has 0 fully saturated rings. The first kappa shape index (κ1) is 101. The number of ether oxygens (including phenoxy) is 4. The molecule has 0 spiro atoms. The van der Waals surface area contributed by atoms with E-state index < -0.39 is 97.5 Å². The maximum Gasteiger partial charge on any atom is 0.472 e. The zero-order valence-electron chi connectivity index (χ0n) is 67.6. The molecule has 3 N–H and O–H groups in total. The molecule has 17 nitrogen and oxygen atoms in total. The zero-order valence-corrected chi connectivity index (χ0v) is 69.4. The SMILES string of the molecule is CCCCCCCCCCCCCCCCCCCCCCC(=O)O[C@H](COC(=O)CCCCCCCCCCCCCCCCC(C)CC)COP(=O)(O)OC[C@@H](O)COP(=O)(O)OC[C@@H](COC(=O)CCCCCCCCC)OC(=O)CCCCCCCCCCCCCCCCC(C)CC. The van der Waals surface area contributed by atoms with E-state index in [0.29, 0.717) is 25.7 Å². The third-order valence-electron chi connectivity index (χ3n) is 20.4. The molecular weight excluding hydrogens is 1340 g/mol. The van der Waals surface area contributed by atoms with Crippen molar-refractivity contribution in [1.82, 2.24) is 0 Å². The van der Waals surface area contributed by atoms with Gasteiger partial charge >= 0.3 is 39.5 Å². The number of carbonyl (C=O) groups excluding carboxylic acids is 4. The smallest absolute Gasteiger partial charge is 0.462 e. The Labute approximate surface area is 632 Å². The molecule has 0 aliphatic heterocycles. The monoisotopic (exact) mass is 1510 g/mol. The molecule has 612 valence electrons. The normalized spacial score (nSPS) is 14.4. The van der Waals surface area contributed by atoms with Crippen LogP contribution in [0.4, 0.5) is 0 Å². The van der Waals surface area contributed by atoms with E-state index >= 15 is 0 Å². The van der Waals surface area contributed by atoms with Crippen LogP contribution in [0.3, 0.4) is 0 Å². The van der Waals surface area contributed by atoms with Gasteiger partial charge in [0.05, 0.1) is 26.4 Å². The molecule has 0 aromatic rings. The van der Waals surface area contributed by atoms with Gasteiger partial charge in [-0.15, -0.1) is 0 Å². The second-order valence-corrected chi connectivity index (χ2v) is 33.6. The van der Waals surface area contributed by atoms with Crippen LogP contribution in [0.1, 0.15) is 446 Å². The van der Waals surface area contributed by atoms with Gasteiger partial charge in [-0.1, -0.05) is 395 Å². The second-order valence-electron chi connectivity index (χ2n) is 30.7. The van der Waals surface area contributed by atoms with Crippen molar-refractivity contribution in [2.75, 3.05) is 39.6 Å². The molecular formula is C84H164O17P2. The van der Waals surface area contributed by atoms with Gasteiger partial charge in [0.25, 0.3) is 0 Å². The number of hydrogen-bond acceptors (Lipinski definition) is 15. The minimum atomic E-state index is -4.96. The Bertz CT molecular complexity index is 1980. The fourth-order valence-electron chi connectivity index (χ4n) is 13.0. The predicted molar refractivity (Wildman–Crippen MR) is 423 cm³/mol. The van der Waals surface area contributed by atoms with E-state index in [0.717, 1.165) is 115 Å². The number of aliphatic hydroxyl groups is 1. The van der Waals surface area contributed by atoms with Crippen molar-refractivity contribution in [3.8, 4) is 0 Å². The van der Waals surface area contributed by atoms with Crippen LogP contribution in [0.2, 0.25) is 0 Å². The van der Waals surface area contributed by atoms with E-state index in [9.17, 15) is 43.2 Å². The fourth-order valence-corrected chi connectivity index (χ4v) is 14.6. The Balaban J connectivity index is 5.17. The van der Waals surface area contributed by atoms with Crippen LogP contribution in [0.5, 0.6) is 0 Å². The molecule has 0 rings (SSSR count). The fraction of sp³-hybridized carbons (Fsp3) is 0.952. The summed E-state index contributed by atoms with van der Waals surface area (Å²) in [5, 5.41) is 10.6. The molecule has 0 amide bonds. The number of aliphatic hydroxyl groups excluding tert-OH is 1. The lowest BCUT2D eigenvalue weighted by atomic mass is 9.99. The van der Waals surface area contributed by atoms with Crippen LogP contribution in [0.25, 0.3) is 0 Å². The van der Waals surface area contributed by atoms with Gasteiger partial charge < -0.3 is 33.8 Å². The first-order valence-corrected chi connectivity index (χ1v) is 46.6. The third kappa shape index (κ3) is 75.3. The van der Waals surface area contributed by atoms with Gasteiger partial charge in [0.1, 0.15) is 19.3 Å². The van der Waals surface area contributed by atoms with Crippen LogP contribution in [0.15, 0.2) is 0 Å². The number of phosphoric acid groups is 2. The number of phosphoric ester groups is 2. The highest BCUT2D eigenvalue weighted by Crippen LogP contribution is 2.45. The number of unbranched alkanes of at least 4 members (excludes halogenated alkanes) is 51. The van der Waals surface area contributed by atoms with Gasteiger partial charge in [0.2, 0.25) is 0 Å². The van der Waals surface area contributed by atoms with E-state index in [-0.39, 0.29) is 25.7 Å². The summed E-state index contributed by atoms with van der Waals surface area (Å²) in [5.41, 5.74) is 0. The summed E-state index contributed by atoms with van der Waals surface area (Å²) >= 11 is 0. The molecule has 0 aromatic carbocycles. The van der Waals surface area contributed by atoms with Crippen LogP contribution < -0.4 is 0 Å². The first-order chi connectivity index (χ1) is 49.9. The lowest BCUT2D eigenvalue weighted by Gasteiger charge is -2.21. The Morgan fingerprint density at radius 2 is 0.466 bits per heavy atom. The summed E-state index contributed by atoms with van der Waals surface area (Å²) in [5.74, 6) is -0.413. The average Bonchev–Trinajstić information content (AvgIpc) is 0.921. The summed E-state index contributed by atoms with van der Waals surface area (Å²) in [6.45, 7) is 9.72. The summed E-state index contributed by atoms with van der Waals surface area (Å²) < 4.78 is 68.7. The van der Waals surface area contributed by atoms with Crippen molar-refractivity contribution in [3.63, 3.8) is 0 Å². The molecule has 0 radical (unpaired) electrons. The number of rotatable bonds is 83. The zero-order chi connectivity index (χ0) is 75.6. The highest BCUT2D eigenvalue weighted by atomic mass is 31.2. The lowest BCUT2D eigenvalue weighted by Crippen LogP contribution is -2.30. The lowest BCUT2D eigenvalue weighted by molar-refractivity contribution is -0.161. The Morgan fingerprint density at radius 1 is 0.272 bits per heavy atom. The van der Waals surface area contributed by atoms with Crippen LogP contribution in [-0.2, 0) is 65.4 Å². The van der Waals surface area contributed by atoms with Gasteiger partial charge in [-0.25, -0.2) is 9.13 Å². The minimum Gasteiger partial charge on any atom is -0.462 e.